The number of anilines is 1. The van der Waals surface area contributed by atoms with Crippen LogP contribution in [0.2, 0.25) is 10.0 Å². The van der Waals surface area contributed by atoms with Crippen LogP contribution in [0.3, 0.4) is 0 Å². The number of aliphatic carboxylic acids is 1. The van der Waals surface area contributed by atoms with Crippen LogP contribution in [0.25, 0.3) is 0 Å². The Labute approximate surface area is 205 Å². The van der Waals surface area contributed by atoms with Gasteiger partial charge in [-0.1, -0.05) is 41.4 Å². The van der Waals surface area contributed by atoms with Gasteiger partial charge in [-0.05, 0) is 42.7 Å². The van der Waals surface area contributed by atoms with E-state index in [0.717, 1.165) is 10.5 Å². The number of carboxylic acid groups (broad SMARTS) is 1. The second-order valence-corrected chi connectivity index (χ2v) is 9.91. The van der Waals surface area contributed by atoms with Crippen molar-refractivity contribution in [1.29, 1.82) is 0 Å². The van der Waals surface area contributed by atoms with Crippen molar-refractivity contribution >= 4 is 52.6 Å². The molecule has 0 radical (unpaired) electrons. The van der Waals surface area contributed by atoms with Crippen LogP contribution < -0.4 is 15.7 Å². The SMILES string of the molecule is Cc1cc(Cl)cc2c1NC(=O)[C@]21[NH2+][C@@H](CCC(=O)[O-])[C@H]2C(=O)N(Cc3ccccc3Cl)C(=O)[C@H]21. The number of likely N-dealkylation sites (tertiary alicyclic amines) is 1. The first-order valence-electron chi connectivity index (χ1n) is 10.9. The van der Waals surface area contributed by atoms with E-state index in [1.54, 1.807) is 48.6 Å². The summed E-state index contributed by atoms with van der Waals surface area (Å²) >= 11 is 12.6. The molecule has 0 aromatic heterocycles. The molecule has 2 aromatic rings. The normalized spacial score (nSPS) is 27.3. The highest BCUT2D eigenvalue weighted by Crippen LogP contribution is 2.51. The zero-order valence-corrected chi connectivity index (χ0v) is 19.7. The van der Waals surface area contributed by atoms with Gasteiger partial charge in [0.1, 0.15) is 17.9 Å². The van der Waals surface area contributed by atoms with Crippen LogP contribution in [0, 0.1) is 18.8 Å². The number of rotatable bonds is 5. The van der Waals surface area contributed by atoms with Gasteiger partial charge in [0.15, 0.2) is 0 Å². The molecule has 3 aliphatic rings. The number of hydrogen-bond donors (Lipinski definition) is 2. The summed E-state index contributed by atoms with van der Waals surface area (Å²) in [6.45, 7) is 1.77. The lowest BCUT2D eigenvalue weighted by Crippen LogP contribution is -2.99. The van der Waals surface area contributed by atoms with Gasteiger partial charge in [0, 0.05) is 28.0 Å². The van der Waals surface area contributed by atoms with Crippen LogP contribution >= 0.6 is 23.2 Å². The van der Waals surface area contributed by atoms with E-state index < -0.39 is 47.1 Å². The maximum absolute atomic E-state index is 13.8. The number of imide groups is 1. The van der Waals surface area contributed by atoms with Crippen LogP contribution in [0.4, 0.5) is 5.69 Å². The molecule has 2 saturated heterocycles. The van der Waals surface area contributed by atoms with Gasteiger partial charge < -0.3 is 20.5 Å². The molecule has 8 nitrogen and oxygen atoms in total. The molecule has 3 aliphatic heterocycles. The lowest BCUT2D eigenvalue weighted by Gasteiger charge is -2.26. The van der Waals surface area contributed by atoms with E-state index >= 15 is 0 Å². The van der Waals surface area contributed by atoms with E-state index in [4.69, 9.17) is 23.2 Å². The maximum atomic E-state index is 13.8. The number of halogens is 2. The number of fused-ring (bicyclic) bond motifs is 4. The minimum Gasteiger partial charge on any atom is -0.550 e. The standard InChI is InChI=1S/C24H21Cl2N3O5/c1-11-8-13(25)9-14-20(11)27-23(34)24(14)19-18(16(28-24)6-7-17(30)31)21(32)29(22(19)33)10-12-4-2-3-5-15(12)26/h2-5,8-9,16,18-19,28H,6-7,10H2,1H3,(H,27,34)(H,30,31)/t16-,18+,19-,24-/m0/s1. The summed E-state index contributed by atoms with van der Waals surface area (Å²) in [5, 5.41) is 16.6. The van der Waals surface area contributed by atoms with E-state index in [9.17, 15) is 24.3 Å². The second kappa shape index (κ2) is 8.08. The minimum atomic E-state index is -1.42. The number of nitrogens with two attached hydrogens (primary N) is 1. The van der Waals surface area contributed by atoms with Crippen molar-refractivity contribution in [3.8, 4) is 0 Å². The fraction of sp³-hybridized carbons (Fsp3) is 0.333. The van der Waals surface area contributed by atoms with E-state index in [0.29, 0.717) is 26.9 Å². The molecule has 10 heteroatoms. The Balaban J connectivity index is 1.62. The molecule has 4 atom stereocenters. The van der Waals surface area contributed by atoms with Gasteiger partial charge >= 0.3 is 0 Å². The number of benzene rings is 2. The third-order valence-electron chi connectivity index (χ3n) is 7.20. The zero-order chi connectivity index (χ0) is 24.4. The fourth-order valence-corrected chi connectivity index (χ4v) is 6.22. The molecule has 0 aliphatic carbocycles. The Hall–Kier alpha value is -2.94. The number of aryl methyl sites for hydroxylation is 1. The Bertz CT molecular complexity index is 1270. The molecule has 3 amide bonds. The smallest absolute Gasteiger partial charge is 0.291 e. The van der Waals surface area contributed by atoms with Gasteiger partial charge in [-0.25, -0.2) is 0 Å². The predicted octanol–water partition coefficient (Wildman–Crippen LogP) is 0.726. The molecule has 0 bridgehead atoms. The van der Waals surface area contributed by atoms with E-state index in [1.165, 1.54) is 0 Å². The van der Waals surface area contributed by atoms with E-state index in [2.05, 4.69) is 5.32 Å². The Morgan fingerprint density at radius 3 is 2.62 bits per heavy atom. The molecule has 0 unspecified atom stereocenters. The average molecular weight is 502 g/mol. The number of quaternary nitrogens is 1. The Morgan fingerprint density at radius 2 is 1.91 bits per heavy atom. The van der Waals surface area contributed by atoms with Crippen molar-refractivity contribution in [2.24, 2.45) is 11.8 Å². The van der Waals surface area contributed by atoms with Crippen LogP contribution in [0.15, 0.2) is 36.4 Å². The molecule has 5 rings (SSSR count). The molecule has 3 N–H and O–H groups in total. The molecule has 1 spiro atoms. The van der Waals surface area contributed by atoms with Gasteiger partial charge in [0.05, 0.1) is 12.2 Å². The number of hydrogen-bond acceptors (Lipinski definition) is 5. The number of nitrogens with zero attached hydrogens (tertiary/aromatic N) is 1. The summed E-state index contributed by atoms with van der Waals surface area (Å²) < 4.78 is 0. The van der Waals surface area contributed by atoms with E-state index in [-0.39, 0.29) is 19.4 Å². The number of carboxylic acids is 1. The van der Waals surface area contributed by atoms with Crippen molar-refractivity contribution in [2.45, 2.75) is 37.9 Å². The molecular weight excluding hydrogens is 481 g/mol. The van der Waals surface area contributed by atoms with Crippen molar-refractivity contribution < 1.29 is 29.6 Å². The van der Waals surface area contributed by atoms with Gasteiger partial charge in [-0.3, -0.25) is 19.3 Å². The highest BCUT2D eigenvalue weighted by atomic mass is 35.5. The maximum Gasteiger partial charge on any atom is 0.291 e. The summed E-state index contributed by atoms with van der Waals surface area (Å²) in [7, 11) is 0. The summed E-state index contributed by atoms with van der Waals surface area (Å²) in [5.74, 6) is -4.47. The lowest BCUT2D eigenvalue weighted by molar-refractivity contribution is -0.734. The van der Waals surface area contributed by atoms with Crippen molar-refractivity contribution in [1.82, 2.24) is 4.90 Å². The monoisotopic (exact) mass is 501 g/mol. The van der Waals surface area contributed by atoms with Crippen molar-refractivity contribution in [3.05, 3.63) is 63.1 Å². The van der Waals surface area contributed by atoms with Crippen LogP contribution in [0.5, 0.6) is 0 Å². The second-order valence-electron chi connectivity index (χ2n) is 9.07. The van der Waals surface area contributed by atoms with Crippen molar-refractivity contribution in [2.75, 3.05) is 5.32 Å². The average Bonchev–Trinajstić information content (AvgIpc) is 3.35. The highest BCUT2D eigenvalue weighted by molar-refractivity contribution is 6.31. The third-order valence-corrected chi connectivity index (χ3v) is 7.79. The molecule has 2 fully saturated rings. The first kappa shape index (κ1) is 22.8. The summed E-state index contributed by atoms with van der Waals surface area (Å²) in [5.41, 5.74) is 1.02. The summed E-state index contributed by atoms with van der Waals surface area (Å²) in [6.07, 6.45) is -0.220. The highest BCUT2D eigenvalue weighted by Gasteiger charge is 2.74. The van der Waals surface area contributed by atoms with Gasteiger partial charge in [0.25, 0.3) is 5.91 Å². The number of carbonyl (C=O) groups is 4. The zero-order valence-electron chi connectivity index (χ0n) is 18.1. The lowest BCUT2D eigenvalue weighted by atomic mass is 9.76. The molecule has 176 valence electrons. The van der Waals surface area contributed by atoms with Crippen molar-refractivity contribution in [3.63, 3.8) is 0 Å². The van der Waals surface area contributed by atoms with Gasteiger partial charge in [-0.15, -0.1) is 0 Å². The molecule has 0 saturated carbocycles. The summed E-state index contributed by atoms with van der Waals surface area (Å²) in [6, 6.07) is 9.66. The quantitative estimate of drug-likeness (QED) is 0.584. The predicted molar refractivity (Wildman–Crippen MR) is 120 cm³/mol. The number of amides is 3. The third kappa shape index (κ3) is 3.24. The molecule has 2 aromatic carbocycles. The Morgan fingerprint density at radius 1 is 1.18 bits per heavy atom. The van der Waals surface area contributed by atoms with Gasteiger partial charge in [-0.2, -0.15) is 0 Å². The van der Waals surface area contributed by atoms with Gasteiger partial charge in [0.2, 0.25) is 17.4 Å². The topological polar surface area (TPSA) is 123 Å². The van der Waals surface area contributed by atoms with Crippen LogP contribution in [0.1, 0.15) is 29.5 Å². The summed E-state index contributed by atoms with van der Waals surface area (Å²) in [4.78, 5) is 53.2. The van der Waals surface area contributed by atoms with E-state index in [1.807, 2.05) is 0 Å². The molecular formula is C24H21Cl2N3O5. The molecule has 3 heterocycles. The van der Waals surface area contributed by atoms with Crippen LogP contribution in [-0.2, 0) is 31.3 Å². The minimum absolute atomic E-state index is 0.0311. The molecule has 34 heavy (non-hydrogen) atoms. The number of nitrogens with one attached hydrogen (secondary N) is 1. The first-order valence-corrected chi connectivity index (χ1v) is 11.7. The first-order chi connectivity index (χ1) is 16.1. The fourth-order valence-electron chi connectivity index (χ4n) is 5.75. The Kier molecular flexibility index (Phi) is 5.42. The largest absolute Gasteiger partial charge is 0.550 e. The number of carbonyl (C=O) groups excluding carboxylic acids is 4. The van der Waals surface area contributed by atoms with Crippen LogP contribution in [-0.4, -0.2) is 34.6 Å².